The van der Waals surface area contributed by atoms with E-state index in [0.29, 0.717) is 13.2 Å². The Morgan fingerprint density at radius 3 is 1.21 bits per heavy atom. The number of esters is 2. The van der Waals surface area contributed by atoms with E-state index >= 15 is 0 Å². The maximum absolute atomic E-state index is 11.3. The topological polar surface area (TPSA) is 52.6 Å². The summed E-state index contributed by atoms with van der Waals surface area (Å²) in [4.78, 5) is 22.6. The van der Waals surface area contributed by atoms with Crippen molar-refractivity contribution in [1.82, 2.24) is 0 Å². The van der Waals surface area contributed by atoms with Crippen molar-refractivity contribution in [3.8, 4) is 0 Å². The summed E-state index contributed by atoms with van der Waals surface area (Å²) in [5.41, 5.74) is 0. The molecule has 0 aliphatic carbocycles. The molecule has 0 aromatic carbocycles. The Morgan fingerprint density at radius 2 is 0.842 bits per heavy atom. The van der Waals surface area contributed by atoms with Crippen LogP contribution in [-0.2, 0) is 19.1 Å². The van der Waals surface area contributed by atoms with Gasteiger partial charge in [-0.1, -0.05) is 51.4 Å². The van der Waals surface area contributed by atoms with Crippen molar-refractivity contribution in [3.05, 3.63) is 0 Å². The zero-order valence-corrected chi connectivity index (χ0v) is 11.8. The van der Waals surface area contributed by atoms with Gasteiger partial charge in [-0.25, -0.2) is 0 Å². The highest BCUT2D eigenvalue weighted by molar-refractivity contribution is 5.91. The second-order valence-electron chi connectivity index (χ2n) is 5.15. The average molecular weight is 270 g/mol. The van der Waals surface area contributed by atoms with E-state index in [1.807, 2.05) is 0 Å². The molecule has 4 heteroatoms. The number of carbonyl (C=O) groups excluding carboxylic acids is 2. The van der Waals surface area contributed by atoms with Crippen molar-refractivity contribution in [2.75, 3.05) is 13.2 Å². The van der Waals surface area contributed by atoms with Gasteiger partial charge in [-0.15, -0.1) is 0 Å². The molecule has 1 fully saturated rings. The van der Waals surface area contributed by atoms with Gasteiger partial charge in [0, 0.05) is 0 Å². The Morgan fingerprint density at radius 1 is 0.526 bits per heavy atom. The summed E-state index contributed by atoms with van der Waals surface area (Å²) in [6.45, 7) is 0.845. The summed E-state index contributed by atoms with van der Waals surface area (Å²) in [6.07, 6.45) is 11.3. The normalized spacial score (nSPS) is 22.1. The molecule has 1 heterocycles. The first kappa shape index (κ1) is 16.0. The number of hydrogen-bond acceptors (Lipinski definition) is 4. The molecule has 0 aromatic rings. The van der Waals surface area contributed by atoms with Gasteiger partial charge in [-0.05, 0) is 12.8 Å². The molecule has 1 rings (SSSR count). The van der Waals surface area contributed by atoms with Crippen molar-refractivity contribution in [3.63, 3.8) is 0 Å². The summed E-state index contributed by atoms with van der Waals surface area (Å²) >= 11 is 0. The first-order chi connectivity index (χ1) is 9.29. The molecule has 0 unspecified atom stereocenters. The lowest BCUT2D eigenvalue weighted by Crippen LogP contribution is -2.15. The summed E-state index contributed by atoms with van der Waals surface area (Å²) in [6, 6.07) is 0. The molecular formula is C15H26O4. The van der Waals surface area contributed by atoms with Gasteiger partial charge in [-0.2, -0.15) is 0 Å². The zero-order valence-electron chi connectivity index (χ0n) is 11.8. The van der Waals surface area contributed by atoms with Crippen LogP contribution in [0.25, 0.3) is 0 Å². The van der Waals surface area contributed by atoms with E-state index in [9.17, 15) is 9.59 Å². The van der Waals surface area contributed by atoms with Crippen LogP contribution in [0.5, 0.6) is 0 Å². The molecule has 19 heavy (non-hydrogen) atoms. The van der Waals surface area contributed by atoms with Crippen LogP contribution >= 0.6 is 0 Å². The zero-order chi connectivity index (χ0) is 13.8. The molecule has 4 nitrogen and oxygen atoms in total. The molecule has 0 radical (unpaired) electrons. The number of cyclic esters (lactones) is 2. The van der Waals surface area contributed by atoms with E-state index in [-0.39, 0.29) is 6.42 Å². The third-order valence-corrected chi connectivity index (χ3v) is 3.35. The van der Waals surface area contributed by atoms with E-state index in [4.69, 9.17) is 9.47 Å². The maximum atomic E-state index is 11.3. The van der Waals surface area contributed by atoms with E-state index in [2.05, 4.69) is 0 Å². The minimum atomic E-state index is -0.464. The predicted molar refractivity (Wildman–Crippen MR) is 72.7 cm³/mol. The number of carbonyl (C=O) groups is 2. The smallest absolute Gasteiger partial charge is 0.317 e. The lowest BCUT2D eigenvalue weighted by Gasteiger charge is -2.05. The van der Waals surface area contributed by atoms with Gasteiger partial charge >= 0.3 is 11.9 Å². The molecule has 0 amide bonds. The number of hydrogen-bond donors (Lipinski definition) is 0. The molecule has 0 aromatic heterocycles. The molecular weight excluding hydrogens is 244 g/mol. The molecule has 110 valence electrons. The largest absolute Gasteiger partial charge is 0.465 e. The van der Waals surface area contributed by atoms with Crippen LogP contribution in [0, 0.1) is 0 Å². The Balaban J connectivity index is 2.23. The average Bonchev–Trinajstić information content (AvgIpc) is 2.38. The van der Waals surface area contributed by atoms with Gasteiger partial charge in [0.1, 0.15) is 6.42 Å². The Hall–Kier alpha value is -1.06. The van der Waals surface area contributed by atoms with Crippen molar-refractivity contribution in [2.45, 2.75) is 70.6 Å². The fourth-order valence-electron chi connectivity index (χ4n) is 2.21. The Kier molecular flexibility index (Phi) is 9.11. The number of rotatable bonds is 0. The summed E-state index contributed by atoms with van der Waals surface area (Å²) in [7, 11) is 0. The van der Waals surface area contributed by atoms with Crippen molar-refractivity contribution in [1.29, 1.82) is 0 Å². The van der Waals surface area contributed by atoms with Gasteiger partial charge in [0.2, 0.25) is 0 Å². The molecule has 0 saturated carbocycles. The fraction of sp³-hybridized carbons (Fsp3) is 0.867. The quantitative estimate of drug-likeness (QED) is 0.500. The third kappa shape index (κ3) is 9.51. The number of ether oxygens (including phenoxy) is 2. The first-order valence-electron chi connectivity index (χ1n) is 7.60. The molecule has 0 spiro atoms. The van der Waals surface area contributed by atoms with E-state index in [1.165, 1.54) is 38.5 Å². The second kappa shape index (κ2) is 10.8. The van der Waals surface area contributed by atoms with Crippen LogP contribution in [0.3, 0.4) is 0 Å². The van der Waals surface area contributed by atoms with Gasteiger partial charge < -0.3 is 9.47 Å². The molecule has 0 N–H and O–H groups in total. The minimum Gasteiger partial charge on any atom is -0.465 e. The molecule has 0 atom stereocenters. The molecule has 1 aliphatic rings. The van der Waals surface area contributed by atoms with Crippen molar-refractivity contribution in [2.24, 2.45) is 0 Å². The van der Waals surface area contributed by atoms with E-state index < -0.39 is 11.9 Å². The Bertz CT molecular complexity index is 237. The summed E-state index contributed by atoms with van der Waals surface area (Å²) in [5.74, 6) is -0.927. The van der Waals surface area contributed by atoms with Crippen molar-refractivity contribution < 1.29 is 19.1 Å². The second-order valence-corrected chi connectivity index (χ2v) is 5.15. The molecule has 1 aliphatic heterocycles. The SMILES string of the molecule is O=C1CC(=O)OCCCCCCCCCCCCO1. The highest BCUT2D eigenvalue weighted by Crippen LogP contribution is 2.11. The van der Waals surface area contributed by atoms with Crippen LogP contribution in [0.1, 0.15) is 70.6 Å². The summed E-state index contributed by atoms with van der Waals surface area (Å²) in [5, 5.41) is 0. The fourth-order valence-corrected chi connectivity index (χ4v) is 2.21. The van der Waals surface area contributed by atoms with Crippen LogP contribution in [0.2, 0.25) is 0 Å². The summed E-state index contributed by atoms with van der Waals surface area (Å²) < 4.78 is 10.00. The monoisotopic (exact) mass is 270 g/mol. The lowest BCUT2D eigenvalue weighted by molar-refractivity contribution is -0.154. The molecule has 0 bridgehead atoms. The highest BCUT2D eigenvalue weighted by atomic mass is 16.6. The third-order valence-electron chi connectivity index (χ3n) is 3.35. The Labute approximate surface area is 115 Å². The van der Waals surface area contributed by atoms with Gasteiger partial charge in [0.05, 0.1) is 13.2 Å². The minimum absolute atomic E-state index is 0.250. The van der Waals surface area contributed by atoms with Crippen LogP contribution in [-0.4, -0.2) is 25.2 Å². The van der Waals surface area contributed by atoms with E-state index in [0.717, 1.165) is 25.7 Å². The lowest BCUT2D eigenvalue weighted by atomic mass is 10.1. The maximum Gasteiger partial charge on any atom is 0.317 e. The first-order valence-corrected chi connectivity index (χ1v) is 7.60. The van der Waals surface area contributed by atoms with Crippen molar-refractivity contribution >= 4 is 11.9 Å². The predicted octanol–water partition coefficient (Wildman–Crippen LogP) is 3.38. The highest BCUT2D eigenvalue weighted by Gasteiger charge is 2.11. The standard InChI is InChI=1S/C15H26O4/c16-14-13-15(17)19-12-10-8-6-4-2-1-3-5-7-9-11-18-14/h1-13H2. The van der Waals surface area contributed by atoms with Crippen LogP contribution < -0.4 is 0 Å². The van der Waals surface area contributed by atoms with Gasteiger partial charge in [0.25, 0.3) is 0 Å². The molecule has 1 saturated heterocycles. The van der Waals surface area contributed by atoms with E-state index in [1.54, 1.807) is 0 Å². The van der Waals surface area contributed by atoms with Gasteiger partial charge in [0.15, 0.2) is 0 Å². The van der Waals surface area contributed by atoms with Crippen LogP contribution in [0.15, 0.2) is 0 Å². The van der Waals surface area contributed by atoms with Crippen LogP contribution in [0.4, 0.5) is 0 Å². The van der Waals surface area contributed by atoms with Gasteiger partial charge in [-0.3, -0.25) is 9.59 Å².